The average molecular weight is 584 g/mol. The van der Waals surface area contributed by atoms with Crippen LogP contribution in [0.1, 0.15) is 42.9 Å². The van der Waals surface area contributed by atoms with Crippen LogP contribution < -0.4 is 21.6 Å². The Bertz CT molecular complexity index is 1640. The zero-order valence-corrected chi connectivity index (χ0v) is 23.9. The molecule has 3 heterocycles. The van der Waals surface area contributed by atoms with Gasteiger partial charge in [-0.15, -0.1) is 16.9 Å². The molecule has 0 spiro atoms. The Morgan fingerprint density at radius 1 is 1.18 bits per heavy atom. The van der Waals surface area contributed by atoms with Gasteiger partial charge in [-0.05, 0) is 52.0 Å². The third-order valence-corrected chi connectivity index (χ3v) is 7.81. The van der Waals surface area contributed by atoms with Gasteiger partial charge < -0.3 is 16.1 Å². The molecule has 2 aromatic carbocycles. The van der Waals surface area contributed by atoms with Crippen molar-refractivity contribution in [2.75, 3.05) is 10.6 Å². The summed E-state index contributed by atoms with van der Waals surface area (Å²) in [6.07, 6.45) is 3.43. The first-order valence-electron chi connectivity index (χ1n) is 12.0. The summed E-state index contributed by atoms with van der Waals surface area (Å²) < 4.78 is 14.8. The molecule has 0 saturated heterocycles. The van der Waals surface area contributed by atoms with Crippen molar-refractivity contribution < 1.29 is 4.39 Å². The lowest BCUT2D eigenvalue weighted by Crippen LogP contribution is -2.47. The van der Waals surface area contributed by atoms with Gasteiger partial charge in [-0.3, -0.25) is 9.99 Å². The Kier molecular flexibility index (Phi) is 7.27. The molecule has 1 aliphatic rings. The molecule has 8 nitrogen and oxygen atoms in total. The number of fused-ring (bicyclic) bond motifs is 1. The fourth-order valence-corrected chi connectivity index (χ4v) is 5.49. The highest BCUT2D eigenvalue weighted by Crippen LogP contribution is 2.38. The van der Waals surface area contributed by atoms with E-state index in [4.69, 9.17) is 23.2 Å². The number of hydrogen-bond acceptors (Lipinski definition) is 9. The van der Waals surface area contributed by atoms with Crippen molar-refractivity contribution >= 4 is 62.5 Å². The number of thiazole rings is 1. The monoisotopic (exact) mass is 582 g/mol. The van der Waals surface area contributed by atoms with Crippen LogP contribution in [0, 0.1) is 24.1 Å². The molecule has 0 aliphatic carbocycles. The number of aromatic nitrogens is 2. The summed E-state index contributed by atoms with van der Waals surface area (Å²) in [5, 5.41) is 19.3. The zero-order chi connectivity index (χ0) is 27.9. The molecule has 4 aromatic rings. The molecule has 0 saturated carbocycles. The maximum absolute atomic E-state index is 14.8. The van der Waals surface area contributed by atoms with E-state index < -0.39 is 5.82 Å². The van der Waals surface area contributed by atoms with E-state index in [1.54, 1.807) is 18.2 Å². The molecule has 39 heavy (non-hydrogen) atoms. The number of hydrogen-bond donors (Lipinski definition) is 4. The number of aryl methyl sites for hydroxylation is 1. The van der Waals surface area contributed by atoms with E-state index in [1.807, 2.05) is 29.7 Å². The van der Waals surface area contributed by atoms with Crippen LogP contribution >= 0.6 is 34.5 Å². The Morgan fingerprint density at radius 3 is 2.64 bits per heavy atom. The molecule has 0 radical (unpaired) electrons. The summed E-state index contributed by atoms with van der Waals surface area (Å²) in [5.41, 5.74) is 11.8. The Hall–Kier alpha value is -3.62. The van der Waals surface area contributed by atoms with Crippen molar-refractivity contribution in [3.8, 4) is 6.07 Å². The molecule has 5 rings (SSSR count). The van der Waals surface area contributed by atoms with Gasteiger partial charge >= 0.3 is 0 Å². The summed E-state index contributed by atoms with van der Waals surface area (Å²) in [5.74, 6) is -0.621. The van der Waals surface area contributed by atoms with Crippen molar-refractivity contribution in [3.63, 3.8) is 0 Å². The van der Waals surface area contributed by atoms with Gasteiger partial charge in [0, 0.05) is 29.0 Å². The number of benzene rings is 2. The fraction of sp³-hybridized carbons (Fsp3) is 0.222. The van der Waals surface area contributed by atoms with Crippen LogP contribution in [0.2, 0.25) is 10.0 Å². The van der Waals surface area contributed by atoms with Crippen molar-refractivity contribution in [3.05, 3.63) is 85.9 Å². The van der Waals surface area contributed by atoms with Gasteiger partial charge in [0.2, 0.25) is 0 Å². The Balaban J connectivity index is 1.61. The summed E-state index contributed by atoms with van der Waals surface area (Å²) in [6.45, 7) is 8.26. The van der Waals surface area contributed by atoms with E-state index in [2.05, 4.69) is 58.4 Å². The van der Waals surface area contributed by atoms with Gasteiger partial charge in [0.1, 0.15) is 12.1 Å². The topological polar surface area (TPSA) is 101 Å². The van der Waals surface area contributed by atoms with Crippen LogP contribution in [0.4, 0.5) is 21.5 Å². The molecule has 12 heteroatoms. The summed E-state index contributed by atoms with van der Waals surface area (Å²) in [7, 11) is 0. The SMILES string of the molecule is Cc1ncsc1[C@H](Nc1cc(Cl)c2ncc(C#N)c(Nc3cccc(Cl)c3F)c2c1)C1=CN(C(C)(C)C)NN1. The third-order valence-electron chi connectivity index (χ3n) is 6.23. The van der Waals surface area contributed by atoms with E-state index >= 15 is 0 Å². The van der Waals surface area contributed by atoms with Crippen LogP contribution in [0.3, 0.4) is 0 Å². The van der Waals surface area contributed by atoms with E-state index in [0.29, 0.717) is 27.3 Å². The number of anilines is 3. The quantitative estimate of drug-likeness (QED) is 0.190. The van der Waals surface area contributed by atoms with Crippen molar-refractivity contribution in [2.45, 2.75) is 39.3 Å². The van der Waals surface area contributed by atoms with Crippen LogP contribution in [0.15, 0.2) is 53.9 Å². The zero-order valence-electron chi connectivity index (χ0n) is 21.5. The molecule has 0 unspecified atom stereocenters. The minimum atomic E-state index is -0.621. The minimum absolute atomic E-state index is 0.0322. The summed E-state index contributed by atoms with van der Waals surface area (Å²) in [6, 6.07) is 10.1. The van der Waals surface area contributed by atoms with Crippen LogP contribution in [0.25, 0.3) is 10.9 Å². The highest BCUT2D eigenvalue weighted by molar-refractivity contribution is 7.09. The summed E-state index contributed by atoms with van der Waals surface area (Å²) in [4.78, 5) is 9.87. The highest BCUT2D eigenvalue weighted by atomic mass is 35.5. The number of nitriles is 1. The standard InChI is InChI=1S/C27H25Cl2FN8S/c1-14-26(39-13-33-14)25(21-12-38(37-36-21)27(2,3)4)34-16-8-17-23(35-20-7-5-6-18(28)22(20)30)15(10-31)11-32-24(17)19(29)9-16/h5-9,11-13,25,34,36-37H,1-4H3,(H,32,35)/t25-/m1/s1. The first-order valence-corrected chi connectivity index (χ1v) is 13.6. The number of rotatable bonds is 6. The lowest BCUT2D eigenvalue weighted by atomic mass is 10.1. The first-order chi connectivity index (χ1) is 18.6. The Labute approximate surface area is 239 Å². The van der Waals surface area contributed by atoms with Gasteiger partial charge in [-0.1, -0.05) is 29.3 Å². The lowest BCUT2D eigenvalue weighted by Gasteiger charge is -2.30. The van der Waals surface area contributed by atoms with Crippen molar-refractivity contribution in [2.24, 2.45) is 0 Å². The first kappa shape index (κ1) is 27.0. The molecule has 0 bridgehead atoms. The van der Waals surface area contributed by atoms with Crippen LogP contribution in [-0.4, -0.2) is 20.5 Å². The van der Waals surface area contributed by atoms with Gasteiger partial charge in [0.05, 0.1) is 54.3 Å². The Morgan fingerprint density at radius 2 is 1.97 bits per heavy atom. The van der Waals surface area contributed by atoms with Gasteiger partial charge in [0.25, 0.3) is 0 Å². The molecule has 4 N–H and O–H groups in total. The predicted octanol–water partition coefficient (Wildman–Crippen LogP) is 7.18. The molecule has 1 aliphatic heterocycles. The maximum atomic E-state index is 14.8. The second kappa shape index (κ2) is 10.5. The molecule has 2 aromatic heterocycles. The van der Waals surface area contributed by atoms with Crippen LogP contribution in [0.5, 0.6) is 0 Å². The average Bonchev–Trinajstić information content (AvgIpc) is 3.55. The molecular weight excluding hydrogens is 558 g/mol. The van der Waals surface area contributed by atoms with E-state index in [9.17, 15) is 9.65 Å². The molecule has 1 atom stereocenters. The van der Waals surface area contributed by atoms with E-state index in [0.717, 1.165) is 16.3 Å². The van der Waals surface area contributed by atoms with Gasteiger partial charge in [-0.2, -0.15) is 5.26 Å². The molecule has 200 valence electrons. The van der Waals surface area contributed by atoms with E-state index in [1.165, 1.54) is 23.6 Å². The second-order valence-electron chi connectivity index (χ2n) is 9.98. The fourth-order valence-electron chi connectivity index (χ4n) is 4.17. The highest BCUT2D eigenvalue weighted by Gasteiger charge is 2.29. The number of halogens is 3. The van der Waals surface area contributed by atoms with E-state index in [-0.39, 0.29) is 27.9 Å². The van der Waals surface area contributed by atoms with Crippen LogP contribution in [-0.2, 0) is 0 Å². The second-order valence-corrected chi connectivity index (χ2v) is 11.7. The smallest absolute Gasteiger partial charge is 0.165 e. The predicted molar refractivity (Wildman–Crippen MR) is 155 cm³/mol. The molecule has 0 amide bonds. The maximum Gasteiger partial charge on any atom is 0.165 e. The number of nitrogens with one attached hydrogen (secondary N) is 4. The molecular formula is C27H25Cl2FN8S. The van der Waals surface area contributed by atoms with Crippen molar-refractivity contribution in [1.29, 1.82) is 5.26 Å². The lowest BCUT2D eigenvalue weighted by molar-refractivity contribution is 0.138. The minimum Gasteiger partial charge on any atom is -0.372 e. The number of hydrazine groups is 2. The third kappa shape index (κ3) is 5.31. The van der Waals surface area contributed by atoms with Crippen molar-refractivity contribution in [1.82, 2.24) is 25.9 Å². The molecule has 0 fully saturated rings. The van der Waals surface area contributed by atoms with Gasteiger partial charge in [-0.25, -0.2) is 9.37 Å². The normalized spacial score (nSPS) is 14.1. The number of pyridine rings is 1. The number of nitrogens with zero attached hydrogens (tertiary/aromatic N) is 4. The summed E-state index contributed by atoms with van der Waals surface area (Å²) >= 11 is 14.2. The van der Waals surface area contributed by atoms with Gasteiger partial charge in [0.15, 0.2) is 5.82 Å². The largest absolute Gasteiger partial charge is 0.372 e.